The molecule has 0 radical (unpaired) electrons. The lowest BCUT2D eigenvalue weighted by Crippen LogP contribution is -2.26. The molecule has 0 spiro atoms. The van der Waals surface area contributed by atoms with Crippen LogP contribution in [0.3, 0.4) is 0 Å². The van der Waals surface area contributed by atoms with Gasteiger partial charge in [0.25, 0.3) is 0 Å². The maximum Gasteiger partial charge on any atom is 0.210 e. The van der Waals surface area contributed by atoms with Crippen molar-refractivity contribution in [1.29, 1.82) is 0 Å². The average molecular weight is 273 g/mol. The second-order valence-electron chi connectivity index (χ2n) is 4.56. The van der Waals surface area contributed by atoms with Crippen molar-refractivity contribution in [3.63, 3.8) is 0 Å². The third-order valence-electron chi connectivity index (χ3n) is 2.93. The summed E-state index contributed by atoms with van der Waals surface area (Å²) in [5.74, 6) is 0. The van der Waals surface area contributed by atoms with Gasteiger partial charge in [0.15, 0.2) is 5.69 Å². The van der Waals surface area contributed by atoms with Crippen molar-refractivity contribution in [2.24, 2.45) is 5.73 Å². The molecule has 0 bridgehead atoms. The summed E-state index contributed by atoms with van der Waals surface area (Å²) in [6, 6.07) is 7.57. The predicted molar refractivity (Wildman–Crippen MR) is 79.9 cm³/mol. The van der Waals surface area contributed by atoms with Gasteiger partial charge in [-0.1, -0.05) is 24.4 Å². The smallest absolute Gasteiger partial charge is 0.210 e. The third-order valence-corrected chi connectivity index (χ3v) is 3.13. The van der Waals surface area contributed by atoms with Gasteiger partial charge in [-0.25, -0.2) is 4.68 Å². The van der Waals surface area contributed by atoms with E-state index in [2.05, 4.69) is 5.10 Å². The van der Waals surface area contributed by atoms with Gasteiger partial charge in [-0.3, -0.25) is 4.79 Å². The molecule has 2 N–H and O–H groups in total. The summed E-state index contributed by atoms with van der Waals surface area (Å²) in [7, 11) is 0. The Kier molecular flexibility index (Phi) is 3.48. The number of thiocarbonyl (C=S) groups is 1. The fourth-order valence-corrected chi connectivity index (χ4v) is 2.05. The Morgan fingerprint density at radius 1 is 1.26 bits per heavy atom. The van der Waals surface area contributed by atoms with E-state index in [1.54, 1.807) is 4.68 Å². The van der Waals surface area contributed by atoms with E-state index >= 15 is 0 Å². The molecular formula is C14H15N3OS. The summed E-state index contributed by atoms with van der Waals surface area (Å²) in [6.07, 6.45) is 0. The fraction of sp³-hybridized carbons (Fsp3) is 0.214. The molecule has 98 valence electrons. The first kappa shape index (κ1) is 13.4. The molecule has 0 saturated carbocycles. The maximum absolute atomic E-state index is 11.8. The zero-order chi connectivity index (χ0) is 14.2. The van der Waals surface area contributed by atoms with Gasteiger partial charge >= 0.3 is 0 Å². The largest absolute Gasteiger partial charge is 0.388 e. The Morgan fingerprint density at radius 3 is 2.58 bits per heavy atom. The number of nitrogens with two attached hydrogens (primary N) is 1. The minimum absolute atomic E-state index is 0.0176. The standard InChI is InChI=1S/C14H15N3OS/c1-8-4-5-9(2)11(6-8)17-10(3)7-12(18)13(16-17)14(15)19/h4-7H,1-3H3,(H2,15,19). The molecule has 5 heteroatoms. The van der Waals surface area contributed by atoms with Crippen LogP contribution >= 0.6 is 12.2 Å². The van der Waals surface area contributed by atoms with Crippen LogP contribution in [0.1, 0.15) is 22.5 Å². The van der Waals surface area contributed by atoms with Crippen LogP contribution in [0.5, 0.6) is 0 Å². The molecule has 0 aliphatic heterocycles. The van der Waals surface area contributed by atoms with Gasteiger partial charge in [0.2, 0.25) is 5.43 Å². The van der Waals surface area contributed by atoms with Crippen LogP contribution in [0, 0.1) is 20.8 Å². The monoisotopic (exact) mass is 273 g/mol. The van der Waals surface area contributed by atoms with E-state index in [1.165, 1.54) is 6.07 Å². The Bertz CT molecular complexity index is 719. The van der Waals surface area contributed by atoms with Crippen molar-refractivity contribution >= 4 is 17.2 Å². The van der Waals surface area contributed by atoms with E-state index in [1.807, 2.05) is 39.0 Å². The fourth-order valence-electron chi connectivity index (χ4n) is 1.91. The van der Waals surface area contributed by atoms with E-state index in [0.717, 1.165) is 22.5 Å². The number of rotatable bonds is 2. The van der Waals surface area contributed by atoms with E-state index in [9.17, 15) is 4.79 Å². The number of nitrogens with zero attached hydrogens (tertiary/aromatic N) is 2. The minimum atomic E-state index is -0.244. The van der Waals surface area contributed by atoms with Crippen molar-refractivity contribution in [2.75, 3.05) is 0 Å². The molecule has 1 aromatic heterocycles. The van der Waals surface area contributed by atoms with E-state index < -0.39 is 0 Å². The molecule has 0 saturated heterocycles. The molecular weight excluding hydrogens is 258 g/mol. The Morgan fingerprint density at radius 2 is 1.95 bits per heavy atom. The molecule has 0 aliphatic carbocycles. The Hall–Kier alpha value is -2.01. The lowest BCUT2D eigenvalue weighted by molar-refractivity contribution is 0.788. The number of aryl methyl sites for hydroxylation is 3. The van der Waals surface area contributed by atoms with Gasteiger partial charge in [0.1, 0.15) is 4.99 Å². The van der Waals surface area contributed by atoms with Crippen LogP contribution in [0.4, 0.5) is 0 Å². The van der Waals surface area contributed by atoms with Crippen molar-refractivity contribution < 1.29 is 0 Å². The normalized spacial score (nSPS) is 10.5. The predicted octanol–water partition coefficient (Wildman–Crippen LogP) is 1.79. The number of aromatic nitrogens is 2. The van der Waals surface area contributed by atoms with Gasteiger partial charge in [0.05, 0.1) is 5.69 Å². The first-order valence-electron chi connectivity index (χ1n) is 5.88. The molecule has 2 aromatic rings. The van der Waals surface area contributed by atoms with Crippen molar-refractivity contribution in [2.45, 2.75) is 20.8 Å². The van der Waals surface area contributed by atoms with Crippen LogP contribution in [-0.4, -0.2) is 14.8 Å². The van der Waals surface area contributed by atoms with Crippen molar-refractivity contribution in [3.05, 3.63) is 57.0 Å². The summed E-state index contributed by atoms with van der Waals surface area (Å²) >= 11 is 4.86. The minimum Gasteiger partial charge on any atom is -0.388 e. The quantitative estimate of drug-likeness (QED) is 0.847. The molecule has 19 heavy (non-hydrogen) atoms. The van der Waals surface area contributed by atoms with E-state index in [0.29, 0.717) is 0 Å². The maximum atomic E-state index is 11.8. The highest BCUT2D eigenvalue weighted by Crippen LogP contribution is 2.16. The average Bonchev–Trinajstić information content (AvgIpc) is 2.32. The molecule has 4 nitrogen and oxygen atoms in total. The highest BCUT2D eigenvalue weighted by Gasteiger charge is 2.11. The zero-order valence-corrected chi connectivity index (χ0v) is 11.9. The van der Waals surface area contributed by atoms with Crippen LogP contribution in [0.25, 0.3) is 5.69 Å². The summed E-state index contributed by atoms with van der Waals surface area (Å²) in [5, 5.41) is 4.28. The summed E-state index contributed by atoms with van der Waals surface area (Å²) in [6.45, 7) is 5.84. The van der Waals surface area contributed by atoms with Gasteiger partial charge < -0.3 is 5.73 Å². The van der Waals surface area contributed by atoms with E-state index in [-0.39, 0.29) is 16.1 Å². The first-order chi connectivity index (χ1) is 8.90. The second kappa shape index (κ2) is 4.93. The van der Waals surface area contributed by atoms with Gasteiger partial charge in [0, 0.05) is 11.8 Å². The van der Waals surface area contributed by atoms with Crippen molar-refractivity contribution in [3.8, 4) is 5.69 Å². The molecule has 0 unspecified atom stereocenters. The van der Waals surface area contributed by atoms with Crippen LogP contribution in [-0.2, 0) is 0 Å². The summed E-state index contributed by atoms with van der Waals surface area (Å²) < 4.78 is 1.71. The zero-order valence-electron chi connectivity index (χ0n) is 11.1. The Labute approximate surface area is 116 Å². The van der Waals surface area contributed by atoms with Gasteiger partial charge in [-0.15, -0.1) is 0 Å². The topological polar surface area (TPSA) is 60.9 Å². The van der Waals surface area contributed by atoms with Gasteiger partial charge in [-0.05, 0) is 38.0 Å². The van der Waals surface area contributed by atoms with Crippen molar-refractivity contribution in [1.82, 2.24) is 9.78 Å². The first-order valence-corrected chi connectivity index (χ1v) is 6.29. The summed E-state index contributed by atoms with van der Waals surface area (Å²) in [5.41, 5.74) is 9.28. The highest BCUT2D eigenvalue weighted by molar-refractivity contribution is 7.80. The highest BCUT2D eigenvalue weighted by atomic mass is 32.1. The number of hydrogen-bond donors (Lipinski definition) is 1. The lowest BCUT2D eigenvalue weighted by atomic mass is 10.1. The number of hydrogen-bond acceptors (Lipinski definition) is 3. The third kappa shape index (κ3) is 2.56. The molecule has 0 fully saturated rings. The molecule has 1 aromatic carbocycles. The molecule has 0 aliphatic rings. The molecule has 2 rings (SSSR count). The SMILES string of the molecule is Cc1ccc(C)c(-n2nc(C(N)=S)c(=O)cc2C)c1. The van der Waals surface area contributed by atoms with Gasteiger partial charge in [-0.2, -0.15) is 5.10 Å². The number of benzene rings is 1. The second-order valence-corrected chi connectivity index (χ2v) is 5.00. The molecule has 1 heterocycles. The molecule has 0 atom stereocenters. The lowest BCUT2D eigenvalue weighted by Gasteiger charge is -2.13. The van der Waals surface area contributed by atoms with Crippen LogP contribution in [0.15, 0.2) is 29.1 Å². The van der Waals surface area contributed by atoms with Crippen LogP contribution in [0.2, 0.25) is 0 Å². The van der Waals surface area contributed by atoms with E-state index in [4.69, 9.17) is 18.0 Å². The molecule has 0 amide bonds. The Balaban J connectivity index is 2.75. The van der Waals surface area contributed by atoms with Crippen LogP contribution < -0.4 is 11.2 Å². The summed E-state index contributed by atoms with van der Waals surface area (Å²) in [4.78, 5) is 11.8.